The molecule has 32 heavy (non-hydrogen) atoms. The van der Waals surface area contributed by atoms with Crippen LogP contribution in [0, 0.1) is 17.8 Å². The fourth-order valence-corrected chi connectivity index (χ4v) is 6.05. The molecule has 1 saturated heterocycles. The summed E-state index contributed by atoms with van der Waals surface area (Å²) in [5, 5.41) is 14.9. The Balaban J connectivity index is 1.18. The highest BCUT2D eigenvalue weighted by atomic mass is 16.5. The van der Waals surface area contributed by atoms with Gasteiger partial charge in [0.1, 0.15) is 5.75 Å². The second-order valence-electron chi connectivity index (χ2n) is 9.76. The van der Waals surface area contributed by atoms with Crippen molar-refractivity contribution in [2.75, 3.05) is 26.7 Å². The molecule has 2 aromatic rings. The summed E-state index contributed by atoms with van der Waals surface area (Å²) in [5.41, 5.74) is 0.552. The first kappa shape index (κ1) is 21.5. The minimum absolute atomic E-state index is 0.000779. The average Bonchev–Trinajstić information content (AvgIpc) is 3.25. The van der Waals surface area contributed by atoms with E-state index in [1.807, 2.05) is 42.5 Å². The number of nitrogens with one attached hydrogen (secondary N) is 1. The number of aliphatic hydroxyl groups is 1. The molecule has 0 radical (unpaired) electrons. The number of fused-ring (bicyclic) bond motifs is 1. The van der Waals surface area contributed by atoms with Gasteiger partial charge in [0.25, 0.3) is 5.91 Å². The summed E-state index contributed by atoms with van der Waals surface area (Å²) in [5.74, 6) is 1.76. The Morgan fingerprint density at radius 1 is 1.06 bits per heavy atom. The number of nitrogens with zero attached hydrogens (tertiary/aromatic N) is 1. The fraction of sp³-hybridized carbons (Fsp3) is 0.519. The van der Waals surface area contributed by atoms with Gasteiger partial charge in [-0.3, -0.25) is 4.79 Å². The van der Waals surface area contributed by atoms with Crippen molar-refractivity contribution >= 4 is 5.91 Å². The van der Waals surface area contributed by atoms with Crippen LogP contribution in [0.2, 0.25) is 0 Å². The van der Waals surface area contributed by atoms with Crippen LogP contribution >= 0.6 is 0 Å². The van der Waals surface area contributed by atoms with Crippen LogP contribution in [-0.4, -0.2) is 48.7 Å². The Kier molecular flexibility index (Phi) is 5.95. The van der Waals surface area contributed by atoms with E-state index in [9.17, 15) is 9.90 Å². The second-order valence-corrected chi connectivity index (χ2v) is 9.76. The van der Waals surface area contributed by atoms with Crippen molar-refractivity contribution in [3.05, 3.63) is 65.7 Å². The van der Waals surface area contributed by atoms with Gasteiger partial charge >= 0.3 is 0 Å². The summed E-state index contributed by atoms with van der Waals surface area (Å²) >= 11 is 0. The van der Waals surface area contributed by atoms with Crippen LogP contribution in [0.3, 0.4) is 0 Å². The van der Waals surface area contributed by atoms with Gasteiger partial charge in [-0.05, 0) is 48.3 Å². The highest BCUT2D eigenvalue weighted by Crippen LogP contribution is 2.47. The molecule has 2 unspecified atom stereocenters. The largest absolute Gasteiger partial charge is 0.496 e. The monoisotopic (exact) mass is 434 g/mol. The minimum Gasteiger partial charge on any atom is -0.496 e. The molecule has 0 aromatic heterocycles. The number of piperidine rings is 1. The molecule has 1 aliphatic heterocycles. The first-order valence-electron chi connectivity index (χ1n) is 12.0. The number of benzene rings is 2. The molecular weight excluding hydrogens is 400 g/mol. The topological polar surface area (TPSA) is 61.8 Å². The highest BCUT2D eigenvalue weighted by Gasteiger charge is 2.58. The van der Waals surface area contributed by atoms with E-state index >= 15 is 0 Å². The van der Waals surface area contributed by atoms with Crippen LogP contribution in [0.15, 0.2) is 54.6 Å². The van der Waals surface area contributed by atoms with Gasteiger partial charge in [0.2, 0.25) is 0 Å². The third-order valence-corrected chi connectivity index (χ3v) is 7.96. The van der Waals surface area contributed by atoms with E-state index in [2.05, 4.69) is 22.3 Å². The van der Waals surface area contributed by atoms with Gasteiger partial charge in [0.05, 0.1) is 7.11 Å². The summed E-state index contributed by atoms with van der Waals surface area (Å²) < 4.78 is 5.47. The van der Waals surface area contributed by atoms with E-state index in [0.29, 0.717) is 11.8 Å². The minimum atomic E-state index is -1.42. The second kappa shape index (κ2) is 8.87. The summed E-state index contributed by atoms with van der Waals surface area (Å²) in [6.45, 7) is 3.03. The summed E-state index contributed by atoms with van der Waals surface area (Å²) in [7, 11) is 1.72. The SMILES string of the molecule is COc1ccccc1CCN1C[C@@H]2C(NC(=O)C(O)(c3ccccc3)C3CCCC3)[C@@H]2C1. The Morgan fingerprint density at radius 2 is 1.72 bits per heavy atom. The molecule has 2 aliphatic carbocycles. The van der Waals surface area contributed by atoms with Crippen molar-refractivity contribution in [2.45, 2.75) is 43.7 Å². The van der Waals surface area contributed by atoms with Crippen molar-refractivity contribution in [3.8, 4) is 5.75 Å². The molecule has 170 valence electrons. The molecule has 0 spiro atoms. The first-order valence-corrected chi connectivity index (χ1v) is 12.0. The molecule has 1 amide bonds. The lowest BCUT2D eigenvalue weighted by Gasteiger charge is -2.33. The molecule has 5 nitrogen and oxygen atoms in total. The number of amides is 1. The number of likely N-dealkylation sites (tertiary alicyclic amines) is 1. The van der Waals surface area contributed by atoms with Crippen molar-refractivity contribution < 1.29 is 14.6 Å². The van der Waals surface area contributed by atoms with Crippen molar-refractivity contribution in [1.82, 2.24) is 10.2 Å². The van der Waals surface area contributed by atoms with Gasteiger partial charge in [0, 0.05) is 31.6 Å². The van der Waals surface area contributed by atoms with Gasteiger partial charge in [-0.25, -0.2) is 0 Å². The molecule has 4 atom stereocenters. The summed E-state index contributed by atoms with van der Waals surface area (Å²) in [4.78, 5) is 15.9. The molecule has 2 N–H and O–H groups in total. The van der Waals surface area contributed by atoms with E-state index < -0.39 is 5.60 Å². The zero-order valence-electron chi connectivity index (χ0n) is 18.9. The van der Waals surface area contributed by atoms with Gasteiger partial charge in [-0.15, -0.1) is 0 Å². The third-order valence-electron chi connectivity index (χ3n) is 7.96. The molecule has 2 saturated carbocycles. The van der Waals surface area contributed by atoms with E-state index in [-0.39, 0.29) is 17.9 Å². The predicted octanol–water partition coefficient (Wildman–Crippen LogP) is 3.36. The van der Waals surface area contributed by atoms with E-state index in [0.717, 1.165) is 63.1 Å². The van der Waals surface area contributed by atoms with Gasteiger partial charge in [-0.2, -0.15) is 0 Å². The van der Waals surface area contributed by atoms with Crippen molar-refractivity contribution in [2.24, 2.45) is 17.8 Å². The van der Waals surface area contributed by atoms with Gasteiger partial charge < -0.3 is 20.1 Å². The normalized spacial score (nSPS) is 27.0. The lowest BCUT2D eigenvalue weighted by molar-refractivity contribution is -0.147. The lowest BCUT2D eigenvalue weighted by atomic mass is 9.79. The number of hydrogen-bond acceptors (Lipinski definition) is 4. The number of methoxy groups -OCH3 is 1. The van der Waals surface area contributed by atoms with Crippen LogP contribution in [0.5, 0.6) is 5.75 Å². The molecule has 3 fully saturated rings. The number of carbonyl (C=O) groups is 1. The quantitative estimate of drug-likeness (QED) is 0.669. The Hall–Kier alpha value is -2.37. The number of para-hydroxylation sites is 1. The van der Waals surface area contributed by atoms with E-state index in [4.69, 9.17) is 4.74 Å². The van der Waals surface area contributed by atoms with Crippen molar-refractivity contribution in [1.29, 1.82) is 0 Å². The zero-order chi connectivity index (χ0) is 22.1. The maximum absolute atomic E-state index is 13.4. The lowest BCUT2D eigenvalue weighted by Crippen LogP contribution is -2.51. The van der Waals surface area contributed by atoms with E-state index in [1.54, 1.807) is 7.11 Å². The zero-order valence-corrected chi connectivity index (χ0v) is 18.9. The van der Waals surface area contributed by atoms with Crippen LogP contribution in [0.25, 0.3) is 0 Å². The number of rotatable bonds is 8. The van der Waals surface area contributed by atoms with E-state index in [1.165, 1.54) is 5.56 Å². The van der Waals surface area contributed by atoms with Crippen molar-refractivity contribution in [3.63, 3.8) is 0 Å². The van der Waals surface area contributed by atoms with Crippen LogP contribution in [-0.2, 0) is 16.8 Å². The predicted molar refractivity (Wildman–Crippen MR) is 124 cm³/mol. The average molecular weight is 435 g/mol. The van der Waals surface area contributed by atoms with Gasteiger partial charge in [0.15, 0.2) is 5.60 Å². The number of ether oxygens (including phenoxy) is 1. The summed E-state index contributed by atoms with van der Waals surface area (Å²) in [6, 6.07) is 17.9. The molecule has 5 rings (SSSR count). The highest BCUT2D eigenvalue weighted by molar-refractivity contribution is 5.87. The maximum atomic E-state index is 13.4. The van der Waals surface area contributed by atoms with Gasteiger partial charge in [-0.1, -0.05) is 61.4 Å². The van der Waals surface area contributed by atoms with Crippen LogP contribution in [0.1, 0.15) is 36.8 Å². The maximum Gasteiger partial charge on any atom is 0.257 e. The van der Waals surface area contributed by atoms with Crippen LogP contribution < -0.4 is 10.1 Å². The fourth-order valence-electron chi connectivity index (χ4n) is 6.05. The molecule has 2 aromatic carbocycles. The number of hydrogen-bond donors (Lipinski definition) is 2. The Morgan fingerprint density at radius 3 is 2.41 bits per heavy atom. The third kappa shape index (κ3) is 3.93. The molecule has 5 heteroatoms. The first-order chi connectivity index (χ1) is 15.6. The Labute approximate surface area is 190 Å². The smallest absolute Gasteiger partial charge is 0.257 e. The molecular formula is C27H34N2O3. The summed E-state index contributed by atoms with van der Waals surface area (Å²) in [6.07, 6.45) is 4.96. The molecule has 3 aliphatic rings. The molecule has 0 bridgehead atoms. The Bertz CT molecular complexity index is 931. The standard InChI is InChI=1S/C27H34N2O3/c1-32-24-14-8-5-9-19(24)15-16-29-17-22-23(18-29)25(22)28-26(30)27(31,21-12-6-7-13-21)20-10-3-2-4-11-20/h2-5,8-11,14,21-23,25,31H,6-7,12-13,15-18H2,1H3,(H,28,30)/t22-,23+,25?,27?. The molecule has 1 heterocycles. The number of carbonyl (C=O) groups excluding carboxylic acids is 1. The van der Waals surface area contributed by atoms with Crippen LogP contribution in [0.4, 0.5) is 0 Å².